The molecule has 1 aromatic heterocycles. The normalized spacial score (nSPS) is 10.4. The molecular weight excluding hydrogens is 192 g/mol. The number of aryl methyl sites for hydroxylation is 2. The number of ketones is 1. The summed E-state index contributed by atoms with van der Waals surface area (Å²) in [5.74, 6) is 0.418. The van der Waals surface area contributed by atoms with Gasteiger partial charge in [0.15, 0.2) is 0 Å². The Bertz CT molecular complexity index is 288. The minimum Gasteiger partial charge on any atom is -0.300 e. The zero-order valence-corrected chi connectivity index (χ0v) is 9.82. The molecule has 1 nitrogen and oxygen atoms in total. The Morgan fingerprint density at radius 3 is 2.79 bits per heavy atom. The van der Waals surface area contributed by atoms with Crippen LogP contribution in [0.2, 0.25) is 0 Å². The van der Waals surface area contributed by atoms with Crippen LogP contribution < -0.4 is 0 Å². The molecule has 1 heterocycles. The Kier molecular flexibility index (Phi) is 4.88. The van der Waals surface area contributed by atoms with Gasteiger partial charge in [0, 0.05) is 17.7 Å². The molecule has 1 rings (SSSR count). The van der Waals surface area contributed by atoms with Crippen molar-refractivity contribution in [3.8, 4) is 0 Å². The molecular formula is C12H18OS. The average Bonchev–Trinajstić information content (AvgIpc) is 2.52. The maximum atomic E-state index is 11.3. The molecule has 0 bridgehead atoms. The van der Waals surface area contributed by atoms with Crippen molar-refractivity contribution >= 4 is 17.1 Å². The predicted octanol–water partition coefficient (Wildman–Crippen LogP) is 3.75. The topological polar surface area (TPSA) is 17.1 Å². The zero-order chi connectivity index (χ0) is 10.4. The van der Waals surface area contributed by atoms with Gasteiger partial charge in [-0.25, -0.2) is 0 Å². The highest BCUT2D eigenvalue weighted by Crippen LogP contribution is 2.18. The molecule has 0 atom stereocenters. The molecule has 2 heteroatoms. The maximum absolute atomic E-state index is 11.3. The van der Waals surface area contributed by atoms with E-state index in [-0.39, 0.29) is 0 Å². The predicted molar refractivity (Wildman–Crippen MR) is 61.9 cm³/mol. The third kappa shape index (κ3) is 3.62. The van der Waals surface area contributed by atoms with Gasteiger partial charge in [-0.2, -0.15) is 0 Å². The van der Waals surface area contributed by atoms with Crippen LogP contribution in [0.3, 0.4) is 0 Å². The second-order valence-corrected chi connectivity index (χ2v) is 4.67. The number of thiophene rings is 1. The van der Waals surface area contributed by atoms with Gasteiger partial charge in [-0.3, -0.25) is 4.79 Å². The molecule has 0 spiro atoms. The molecule has 0 amide bonds. The summed E-state index contributed by atoms with van der Waals surface area (Å²) < 4.78 is 0. The van der Waals surface area contributed by atoms with Crippen LogP contribution in [-0.2, 0) is 11.2 Å². The van der Waals surface area contributed by atoms with Gasteiger partial charge in [0.2, 0.25) is 0 Å². The second kappa shape index (κ2) is 5.97. The van der Waals surface area contributed by atoms with E-state index in [1.807, 2.05) is 0 Å². The molecule has 14 heavy (non-hydrogen) atoms. The van der Waals surface area contributed by atoms with Crippen LogP contribution in [0.4, 0.5) is 0 Å². The Morgan fingerprint density at radius 1 is 1.43 bits per heavy atom. The van der Waals surface area contributed by atoms with Gasteiger partial charge in [-0.15, -0.1) is 11.3 Å². The molecule has 0 fully saturated rings. The van der Waals surface area contributed by atoms with Crippen LogP contribution in [0.15, 0.2) is 11.4 Å². The first-order valence-electron chi connectivity index (χ1n) is 5.28. The van der Waals surface area contributed by atoms with Crippen molar-refractivity contribution < 1.29 is 4.79 Å². The Labute approximate surface area is 90.2 Å². The summed E-state index contributed by atoms with van der Waals surface area (Å²) in [4.78, 5) is 12.7. The van der Waals surface area contributed by atoms with E-state index >= 15 is 0 Å². The molecule has 0 N–H and O–H groups in total. The third-order valence-corrected chi connectivity index (χ3v) is 3.44. The van der Waals surface area contributed by atoms with E-state index in [0.717, 1.165) is 32.1 Å². The SMILES string of the molecule is CCCC(=O)CCCc1sccc1C. The van der Waals surface area contributed by atoms with E-state index in [1.54, 1.807) is 11.3 Å². The van der Waals surface area contributed by atoms with Crippen LogP contribution in [-0.4, -0.2) is 5.78 Å². The summed E-state index contributed by atoms with van der Waals surface area (Å²) in [6, 6.07) is 2.15. The number of rotatable bonds is 6. The van der Waals surface area contributed by atoms with E-state index in [9.17, 15) is 4.79 Å². The number of carbonyl (C=O) groups excluding carboxylic acids is 1. The van der Waals surface area contributed by atoms with Gasteiger partial charge in [0.25, 0.3) is 0 Å². The van der Waals surface area contributed by atoms with Crippen molar-refractivity contribution in [2.45, 2.75) is 46.0 Å². The van der Waals surface area contributed by atoms with Crippen molar-refractivity contribution in [2.75, 3.05) is 0 Å². The average molecular weight is 210 g/mol. The van der Waals surface area contributed by atoms with E-state index in [2.05, 4.69) is 25.3 Å². The fraction of sp³-hybridized carbons (Fsp3) is 0.583. The highest BCUT2D eigenvalue weighted by atomic mass is 32.1. The minimum absolute atomic E-state index is 0.418. The van der Waals surface area contributed by atoms with Crippen molar-refractivity contribution in [3.63, 3.8) is 0 Å². The van der Waals surface area contributed by atoms with Crippen molar-refractivity contribution in [2.24, 2.45) is 0 Å². The van der Waals surface area contributed by atoms with Crippen LogP contribution in [0.1, 0.15) is 43.0 Å². The summed E-state index contributed by atoms with van der Waals surface area (Å²) in [6.45, 7) is 4.20. The lowest BCUT2D eigenvalue weighted by Gasteiger charge is -1.99. The van der Waals surface area contributed by atoms with Gasteiger partial charge >= 0.3 is 0 Å². The molecule has 0 saturated heterocycles. The summed E-state index contributed by atoms with van der Waals surface area (Å²) >= 11 is 1.80. The zero-order valence-electron chi connectivity index (χ0n) is 9.01. The first-order valence-corrected chi connectivity index (χ1v) is 6.16. The van der Waals surface area contributed by atoms with Crippen molar-refractivity contribution in [3.05, 3.63) is 21.9 Å². The lowest BCUT2D eigenvalue weighted by molar-refractivity contribution is -0.119. The van der Waals surface area contributed by atoms with Gasteiger partial charge in [0.05, 0.1) is 0 Å². The standard InChI is InChI=1S/C12H18OS/c1-3-5-11(13)6-4-7-12-10(2)8-9-14-12/h8-9H,3-7H2,1-2H3. The first-order chi connectivity index (χ1) is 6.74. The first kappa shape index (κ1) is 11.4. The smallest absolute Gasteiger partial charge is 0.132 e. The van der Waals surface area contributed by atoms with Gasteiger partial charge in [0.1, 0.15) is 5.78 Å². The number of hydrogen-bond acceptors (Lipinski definition) is 2. The molecule has 0 aliphatic carbocycles. The van der Waals surface area contributed by atoms with E-state index in [0.29, 0.717) is 5.78 Å². The lowest BCUT2D eigenvalue weighted by Crippen LogP contribution is -1.97. The van der Waals surface area contributed by atoms with E-state index < -0.39 is 0 Å². The minimum atomic E-state index is 0.418. The molecule has 0 unspecified atom stereocenters. The van der Waals surface area contributed by atoms with E-state index in [4.69, 9.17) is 0 Å². The third-order valence-electron chi connectivity index (χ3n) is 2.36. The highest BCUT2D eigenvalue weighted by Gasteiger charge is 2.03. The number of carbonyl (C=O) groups is 1. The Hall–Kier alpha value is -0.630. The quantitative estimate of drug-likeness (QED) is 0.699. The summed E-state index contributed by atoms with van der Waals surface area (Å²) in [5.41, 5.74) is 1.37. The largest absolute Gasteiger partial charge is 0.300 e. The van der Waals surface area contributed by atoms with Gasteiger partial charge in [-0.05, 0) is 43.2 Å². The molecule has 0 saturated carbocycles. The molecule has 0 aromatic carbocycles. The van der Waals surface area contributed by atoms with Gasteiger partial charge in [-0.1, -0.05) is 6.92 Å². The van der Waals surface area contributed by atoms with E-state index in [1.165, 1.54) is 10.4 Å². The van der Waals surface area contributed by atoms with Crippen LogP contribution in [0, 0.1) is 6.92 Å². The number of Topliss-reactive ketones (excluding diaryl/α,β-unsaturated/α-hetero) is 1. The number of hydrogen-bond donors (Lipinski definition) is 0. The van der Waals surface area contributed by atoms with Gasteiger partial charge < -0.3 is 0 Å². The van der Waals surface area contributed by atoms with Crippen LogP contribution >= 0.6 is 11.3 Å². The Balaban J connectivity index is 2.22. The maximum Gasteiger partial charge on any atom is 0.132 e. The molecule has 0 radical (unpaired) electrons. The lowest BCUT2D eigenvalue weighted by atomic mass is 10.1. The van der Waals surface area contributed by atoms with Crippen LogP contribution in [0.25, 0.3) is 0 Å². The second-order valence-electron chi connectivity index (χ2n) is 3.67. The Morgan fingerprint density at radius 2 is 2.21 bits per heavy atom. The van der Waals surface area contributed by atoms with Crippen LogP contribution in [0.5, 0.6) is 0 Å². The fourth-order valence-corrected chi connectivity index (χ4v) is 2.46. The molecule has 0 aliphatic rings. The molecule has 78 valence electrons. The highest BCUT2D eigenvalue weighted by molar-refractivity contribution is 7.10. The monoisotopic (exact) mass is 210 g/mol. The fourth-order valence-electron chi connectivity index (χ4n) is 1.51. The van der Waals surface area contributed by atoms with Crippen molar-refractivity contribution in [1.29, 1.82) is 0 Å². The summed E-state index contributed by atoms with van der Waals surface area (Å²) in [5, 5.41) is 2.12. The summed E-state index contributed by atoms with van der Waals surface area (Å²) in [6.07, 6.45) is 4.57. The van der Waals surface area contributed by atoms with Crippen molar-refractivity contribution in [1.82, 2.24) is 0 Å². The molecule has 0 aliphatic heterocycles. The molecule has 1 aromatic rings. The summed E-state index contributed by atoms with van der Waals surface area (Å²) in [7, 11) is 0.